The average Bonchev–Trinajstić information content (AvgIpc) is 3.44. The zero-order valence-corrected chi connectivity index (χ0v) is 25.7. The second-order valence-electron chi connectivity index (χ2n) is 11.9. The van der Waals surface area contributed by atoms with Gasteiger partial charge in [0.2, 0.25) is 0 Å². The van der Waals surface area contributed by atoms with Crippen LogP contribution in [0.2, 0.25) is 10.0 Å². The van der Waals surface area contributed by atoms with Crippen LogP contribution in [-0.2, 0) is 9.53 Å². The standard InChI is InChI=1S/C30H36Cl2F3N5O3/c1-18-3-10-26(38-37-18)40-13-11-19(12-14-40)27(41)29(17-36-16-23(29)20-4-9-24(31)25(32)15-20)39(2)28(42)43-22-7-5-21(6-8-22)30(33,34)35/h3-4,9-10,15,19,21-23,36H,5-8,11-14,16-17H2,1-2H3/t21?,22?,23-,29+/m0/s1. The first-order valence-electron chi connectivity index (χ1n) is 14.7. The van der Waals surface area contributed by atoms with E-state index >= 15 is 0 Å². The Morgan fingerprint density at radius 1 is 1.02 bits per heavy atom. The van der Waals surface area contributed by atoms with E-state index in [0.717, 1.165) is 17.1 Å². The molecule has 234 valence electrons. The highest BCUT2D eigenvalue weighted by atomic mass is 35.5. The van der Waals surface area contributed by atoms with Gasteiger partial charge in [0, 0.05) is 45.1 Å². The largest absolute Gasteiger partial charge is 0.446 e. The summed E-state index contributed by atoms with van der Waals surface area (Å²) in [7, 11) is 1.55. The third-order valence-electron chi connectivity index (χ3n) is 9.34. The first-order valence-corrected chi connectivity index (χ1v) is 15.4. The molecule has 3 heterocycles. The molecule has 0 radical (unpaired) electrons. The molecule has 5 rings (SSSR count). The summed E-state index contributed by atoms with van der Waals surface area (Å²) in [5.74, 6) is -1.50. The minimum Gasteiger partial charge on any atom is -0.446 e. The van der Waals surface area contributed by atoms with Crippen LogP contribution in [0, 0.1) is 18.8 Å². The fourth-order valence-corrected chi connectivity index (χ4v) is 7.08. The Morgan fingerprint density at radius 2 is 1.72 bits per heavy atom. The molecule has 0 unspecified atom stereocenters. The van der Waals surface area contributed by atoms with Crippen molar-refractivity contribution in [2.75, 3.05) is 38.1 Å². The highest BCUT2D eigenvalue weighted by Crippen LogP contribution is 2.43. The minimum atomic E-state index is -4.26. The van der Waals surface area contributed by atoms with E-state index in [4.69, 9.17) is 27.9 Å². The van der Waals surface area contributed by atoms with Gasteiger partial charge in [-0.3, -0.25) is 9.69 Å². The summed E-state index contributed by atoms with van der Waals surface area (Å²) in [5.41, 5.74) is 0.278. The number of anilines is 1. The van der Waals surface area contributed by atoms with Crippen molar-refractivity contribution >= 4 is 40.9 Å². The lowest BCUT2D eigenvalue weighted by Gasteiger charge is -2.44. The highest BCUT2D eigenvalue weighted by Gasteiger charge is 2.56. The van der Waals surface area contributed by atoms with E-state index in [2.05, 4.69) is 20.4 Å². The zero-order chi connectivity index (χ0) is 30.9. The monoisotopic (exact) mass is 641 g/mol. The smallest absolute Gasteiger partial charge is 0.410 e. The number of amides is 1. The molecule has 2 atom stereocenters. The number of aryl methyl sites for hydroxylation is 1. The number of aromatic nitrogens is 2. The van der Waals surface area contributed by atoms with Crippen LogP contribution in [0.5, 0.6) is 0 Å². The molecular formula is C30H36Cl2F3N5O3. The van der Waals surface area contributed by atoms with Crippen molar-refractivity contribution in [2.45, 2.75) is 69.2 Å². The molecule has 2 aromatic rings. The Balaban J connectivity index is 1.37. The van der Waals surface area contributed by atoms with E-state index in [-0.39, 0.29) is 43.9 Å². The fourth-order valence-electron chi connectivity index (χ4n) is 6.78. The Labute approximate surface area is 259 Å². The van der Waals surface area contributed by atoms with Crippen molar-refractivity contribution in [3.63, 3.8) is 0 Å². The molecule has 1 saturated carbocycles. The summed E-state index contributed by atoms with van der Waals surface area (Å²) in [6.07, 6.45) is -4.42. The van der Waals surface area contributed by atoms with Gasteiger partial charge in [0.15, 0.2) is 11.6 Å². The van der Waals surface area contributed by atoms with Crippen molar-refractivity contribution in [3.8, 4) is 0 Å². The maximum Gasteiger partial charge on any atom is 0.410 e. The number of rotatable bonds is 6. The lowest BCUT2D eigenvalue weighted by molar-refractivity contribution is -0.186. The first-order chi connectivity index (χ1) is 20.4. The summed E-state index contributed by atoms with van der Waals surface area (Å²) in [4.78, 5) is 31.7. The Bertz CT molecular complexity index is 1320. The fraction of sp³-hybridized carbons (Fsp3) is 0.600. The summed E-state index contributed by atoms with van der Waals surface area (Å²) in [6.45, 7) is 3.69. The van der Waals surface area contributed by atoms with E-state index in [1.807, 2.05) is 25.1 Å². The van der Waals surface area contributed by atoms with E-state index in [1.165, 1.54) is 4.90 Å². The van der Waals surface area contributed by atoms with Crippen molar-refractivity contribution in [1.29, 1.82) is 0 Å². The average molecular weight is 643 g/mol. The number of Topliss-reactive ketones (excluding diaryl/α,β-unsaturated/α-hetero) is 1. The maximum atomic E-state index is 14.6. The topological polar surface area (TPSA) is 87.7 Å². The number of ketones is 1. The third-order valence-corrected chi connectivity index (χ3v) is 10.1. The van der Waals surface area contributed by atoms with E-state index < -0.39 is 35.7 Å². The maximum absolute atomic E-state index is 14.6. The number of carbonyl (C=O) groups is 2. The second kappa shape index (κ2) is 12.8. The highest BCUT2D eigenvalue weighted by molar-refractivity contribution is 6.42. The van der Waals surface area contributed by atoms with Gasteiger partial charge in [-0.1, -0.05) is 29.3 Å². The number of ether oxygens (including phenoxy) is 1. The minimum absolute atomic E-state index is 0.0801. The van der Waals surface area contributed by atoms with Gasteiger partial charge < -0.3 is 15.0 Å². The molecule has 8 nitrogen and oxygen atoms in total. The van der Waals surface area contributed by atoms with Crippen LogP contribution in [0.25, 0.3) is 0 Å². The molecule has 2 aliphatic heterocycles. The van der Waals surface area contributed by atoms with Crippen molar-refractivity contribution < 1.29 is 27.5 Å². The van der Waals surface area contributed by atoms with Crippen LogP contribution in [0.3, 0.4) is 0 Å². The Kier molecular flexibility index (Phi) is 9.44. The molecule has 0 spiro atoms. The number of halogens is 5. The molecule has 43 heavy (non-hydrogen) atoms. The van der Waals surface area contributed by atoms with E-state index in [9.17, 15) is 22.8 Å². The van der Waals surface area contributed by atoms with Gasteiger partial charge in [-0.15, -0.1) is 5.10 Å². The molecule has 3 fully saturated rings. The molecule has 1 aromatic heterocycles. The molecule has 1 N–H and O–H groups in total. The molecule has 1 aliphatic carbocycles. The normalized spacial score (nSPS) is 26.8. The molecule has 1 aromatic carbocycles. The van der Waals surface area contributed by atoms with Crippen LogP contribution in [0.15, 0.2) is 30.3 Å². The van der Waals surface area contributed by atoms with Crippen molar-refractivity contribution in [3.05, 3.63) is 51.6 Å². The molecule has 2 saturated heterocycles. The number of benzene rings is 1. The van der Waals surface area contributed by atoms with Crippen molar-refractivity contribution in [2.24, 2.45) is 11.8 Å². The number of hydrogen-bond acceptors (Lipinski definition) is 7. The summed E-state index contributed by atoms with van der Waals surface area (Å²) in [5, 5.41) is 12.5. The molecule has 13 heteroatoms. The number of nitrogens with one attached hydrogen (secondary N) is 1. The van der Waals surface area contributed by atoms with Gasteiger partial charge in [-0.05, 0) is 75.3 Å². The molecule has 0 bridgehead atoms. The number of nitrogens with zero attached hydrogens (tertiary/aromatic N) is 4. The van der Waals surface area contributed by atoms with Gasteiger partial charge in [0.05, 0.1) is 21.7 Å². The van der Waals surface area contributed by atoms with Crippen LogP contribution < -0.4 is 10.2 Å². The second-order valence-corrected chi connectivity index (χ2v) is 12.7. The zero-order valence-electron chi connectivity index (χ0n) is 24.2. The summed E-state index contributed by atoms with van der Waals surface area (Å²) < 4.78 is 45.3. The van der Waals surface area contributed by atoms with Gasteiger partial charge in [-0.25, -0.2) is 4.79 Å². The Morgan fingerprint density at radius 3 is 2.33 bits per heavy atom. The molecular weight excluding hydrogens is 606 g/mol. The number of hydrogen-bond donors (Lipinski definition) is 1. The van der Waals surface area contributed by atoms with Gasteiger partial charge in [-0.2, -0.15) is 18.3 Å². The van der Waals surface area contributed by atoms with Gasteiger partial charge in [0.25, 0.3) is 0 Å². The number of carbonyl (C=O) groups excluding carboxylic acids is 2. The Hall–Kier alpha value is -2.63. The van der Waals surface area contributed by atoms with E-state index in [0.29, 0.717) is 42.5 Å². The van der Waals surface area contributed by atoms with Crippen molar-refractivity contribution in [1.82, 2.24) is 20.4 Å². The van der Waals surface area contributed by atoms with Gasteiger partial charge >= 0.3 is 12.3 Å². The third kappa shape index (κ3) is 6.59. The summed E-state index contributed by atoms with van der Waals surface area (Å²) >= 11 is 12.6. The quantitative estimate of drug-likeness (QED) is 0.402. The summed E-state index contributed by atoms with van der Waals surface area (Å²) in [6, 6.07) is 9.02. The number of alkyl halides is 3. The van der Waals surface area contributed by atoms with E-state index in [1.54, 1.807) is 19.2 Å². The number of piperidine rings is 1. The van der Waals surface area contributed by atoms with Crippen LogP contribution >= 0.6 is 23.2 Å². The lowest BCUT2D eigenvalue weighted by atomic mass is 9.72. The van der Waals surface area contributed by atoms with Gasteiger partial charge in [0.1, 0.15) is 11.6 Å². The lowest BCUT2D eigenvalue weighted by Crippen LogP contribution is -2.62. The first kappa shape index (κ1) is 31.8. The predicted octanol–water partition coefficient (Wildman–Crippen LogP) is 6.19. The SMILES string of the molecule is Cc1ccc(N2CCC(C(=O)[C@@]3(N(C)C(=O)OC4CCC(C(F)(F)F)CC4)CNC[C@H]3c3ccc(Cl)c(Cl)c3)CC2)nn1. The van der Waals surface area contributed by atoms with Crippen LogP contribution in [-0.4, -0.2) is 78.0 Å². The predicted molar refractivity (Wildman–Crippen MR) is 158 cm³/mol. The van der Waals surface area contributed by atoms with Crippen LogP contribution in [0.1, 0.15) is 55.7 Å². The van der Waals surface area contributed by atoms with Crippen LogP contribution in [0.4, 0.5) is 23.8 Å². The number of likely N-dealkylation sites (N-methyl/N-ethyl adjacent to an activating group) is 1. The molecule has 3 aliphatic rings. The molecule has 1 amide bonds.